The maximum absolute atomic E-state index is 12.2. The standard InChI is InChI=1S/C16H16Cl2N4O2/c17-12-4-3-10(6-13(12)18)22-15-7-14(20-9-21-15)16(23)19-8-11-2-1-5-24-11/h3-4,6-7,9,11H,1-2,5,8H2,(H,19,23)(H,20,21,22). The van der Waals surface area contributed by atoms with Crippen LogP contribution in [0.15, 0.2) is 30.6 Å². The number of nitrogens with zero attached hydrogens (tertiary/aromatic N) is 2. The smallest absolute Gasteiger partial charge is 0.270 e. The summed E-state index contributed by atoms with van der Waals surface area (Å²) in [4.78, 5) is 20.3. The third kappa shape index (κ3) is 4.35. The Kier molecular flexibility index (Phi) is 5.50. The van der Waals surface area contributed by atoms with Crippen LogP contribution < -0.4 is 10.6 Å². The first kappa shape index (κ1) is 17.0. The van der Waals surface area contributed by atoms with Gasteiger partial charge < -0.3 is 15.4 Å². The van der Waals surface area contributed by atoms with E-state index in [0.29, 0.717) is 28.1 Å². The molecule has 2 aromatic rings. The molecule has 8 heteroatoms. The second-order valence-electron chi connectivity index (χ2n) is 5.39. The summed E-state index contributed by atoms with van der Waals surface area (Å²) in [5.41, 5.74) is 0.999. The van der Waals surface area contributed by atoms with Gasteiger partial charge in [0.2, 0.25) is 0 Å². The molecule has 0 spiro atoms. The summed E-state index contributed by atoms with van der Waals surface area (Å²) in [6, 6.07) is 6.71. The van der Waals surface area contributed by atoms with Gasteiger partial charge in [0.25, 0.3) is 5.91 Å². The monoisotopic (exact) mass is 366 g/mol. The molecule has 24 heavy (non-hydrogen) atoms. The van der Waals surface area contributed by atoms with Gasteiger partial charge in [-0.2, -0.15) is 0 Å². The second-order valence-corrected chi connectivity index (χ2v) is 6.20. The van der Waals surface area contributed by atoms with Crippen molar-refractivity contribution in [2.45, 2.75) is 18.9 Å². The highest BCUT2D eigenvalue weighted by molar-refractivity contribution is 6.42. The van der Waals surface area contributed by atoms with Crippen LogP contribution in [0, 0.1) is 0 Å². The Bertz CT molecular complexity index is 736. The molecule has 1 unspecified atom stereocenters. The van der Waals surface area contributed by atoms with E-state index in [9.17, 15) is 4.79 Å². The lowest BCUT2D eigenvalue weighted by atomic mass is 10.2. The van der Waals surface area contributed by atoms with Gasteiger partial charge in [-0.25, -0.2) is 9.97 Å². The molecule has 0 radical (unpaired) electrons. The first-order chi connectivity index (χ1) is 11.6. The molecule has 1 fully saturated rings. The highest BCUT2D eigenvalue weighted by Gasteiger charge is 2.17. The summed E-state index contributed by atoms with van der Waals surface area (Å²) in [7, 11) is 0. The molecule has 6 nitrogen and oxygen atoms in total. The number of carbonyl (C=O) groups is 1. The topological polar surface area (TPSA) is 76.1 Å². The van der Waals surface area contributed by atoms with Crippen LogP contribution in [0.3, 0.4) is 0 Å². The van der Waals surface area contributed by atoms with Crippen molar-refractivity contribution in [1.82, 2.24) is 15.3 Å². The number of carbonyl (C=O) groups excluding carboxylic acids is 1. The number of amides is 1. The van der Waals surface area contributed by atoms with Crippen LogP contribution in [0.4, 0.5) is 11.5 Å². The maximum atomic E-state index is 12.2. The SMILES string of the molecule is O=C(NCC1CCCO1)c1cc(Nc2ccc(Cl)c(Cl)c2)ncn1. The van der Waals surface area contributed by atoms with Gasteiger partial charge in [0.15, 0.2) is 0 Å². The fourth-order valence-electron chi connectivity index (χ4n) is 2.37. The van der Waals surface area contributed by atoms with Gasteiger partial charge in [0.05, 0.1) is 16.1 Å². The van der Waals surface area contributed by atoms with Crippen LogP contribution in [0.2, 0.25) is 10.0 Å². The summed E-state index contributed by atoms with van der Waals surface area (Å²) < 4.78 is 5.48. The number of hydrogen-bond acceptors (Lipinski definition) is 5. The predicted octanol–water partition coefficient (Wildman–Crippen LogP) is 3.44. The molecule has 1 aliphatic heterocycles. The number of benzene rings is 1. The Morgan fingerprint density at radius 3 is 2.88 bits per heavy atom. The van der Waals surface area contributed by atoms with Gasteiger partial charge >= 0.3 is 0 Å². The largest absolute Gasteiger partial charge is 0.376 e. The normalized spacial score (nSPS) is 16.8. The third-order valence-corrected chi connectivity index (χ3v) is 4.35. The van der Waals surface area contributed by atoms with E-state index in [-0.39, 0.29) is 17.7 Å². The second kappa shape index (κ2) is 7.79. The number of nitrogens with one attached hydrogen (secondary N) is 2. The molecule has 1 saturated heterocycles. The average molecular weight is 367 g/mol. The van der Waals surface area contributed by atoms with Crippen LogP contribution in [-0.2, 0) is 4.74 Å². The van der Waals surface area contributed by atoms with Crippen molar-refractivity contribution in [2.75, 3.05) is 18.5 Å². The fraction of sp³-hybridized carbons (Fsp3) is 0.312. The van der Waals surface area contributed by atoms with E-state index in [4.69, 9.17) is 27.9 Å². The molecule has 1 aromatic heterocycles. The van der Waals surface area contributed by atoms with Crippen molar-refractivity contribution >= 4 is 40.6 Å². The summed E-state index contributed by atoms with van der Waals surface area (Å²) >= 11 is 11.9. The molecule has 1 aliphatic rings. The first-order valence-electron chi connectivity index (χ1n) is 7.56. The zero-order valence-corrected chi connectivity index (χ0v) is 14.3. The summed E-state index contributed by atoms with van der Waals surface area (Å²) in [5, 5.41) is 6.80. The summed E-state index contributed by atoms with van der Waals surface area (Å²) in [6.07, 6.45) is 3.42. The number of aromatic nitrogens is 2. The van der Waals surface area contributed by atoms with E-state index in [1.165, 1.54) is 6.33 Å². The summed E-state index contributed by atoms with van der Waals surface area (Å²) in [5.74, 6) is 0.232. The molecule has 2 N–H and O–H groups in total. The van der Waals surface area contributed by atoms with Crippen molar-refractivity contribution in [2.24, 2.45) is 0 Å². The quantitative estimate of drug-likeness (QED) is 0.847. The molecule has 1 amide bonds. The van der Waals surface area contributed by atoms with Crippen LogP contribution in [0.5, 0.6) is 0 Å². The van der Waals surface area contributed by atoms with Crippen LogP contribution >= 0.6 is 23.2 Å². The zero-order valence-electron chi connectivity index (χ0n) is 12.8. The Hall–Kier alpha value is -1.89. The highest BCUT2D eigenvalue weighted by Crippen LogP contribution is 2.26. The molecule has 1 aromatic carbocycles. The molecule has 1 atom stereocenters. The number of anilines is 2. The van der Waals surface area contributed by atoms with Gasteiger partial charge in [-0.3, -0.25) is 4.79 Å². The minimum atomic E-state index is -0.259. The van der Waals surface area contributed by atoms with Gasteiger partial charge in [-0.15, -0.1) is 0 Å². The Balaban J connectivity index is 1.64. The van der Waals surface area contributed by atoms with E-state index in [1.54, 1.807) is 24.3 Å². The van der Waals surface area contributed by atoms with E-state index in [2.05, 4.69) is 20.6 Å². The number of hydrogen-bond donors (Lipinski definition) is 2. The molecule has 3 rings (SSSR count). The van der Waals surface area contributed by atoms with Crippen molar-refractivity contribution < 1.29 is 9.53 Å². The van der Waals surface area contributed by atoms with Crippen molar-refractivity contribution in [3.63, 3.8) is 0 Å². The minimum absolute atomic E-state index is 0.0876. The molecule has 0 saturated carbocycles. The Morgan fingerprint density at radius 2 is 2.12 bits per heavy atom. The van der Waals surface area contributed by atoms with E-state index in [1.807, 2.05) is 0 Å². The molecule has 0 aliphatic carbocycles. The highest BCUT2D eigenvalue weighted by atomic mass is 35.5. The number of ether oxygens (including phenoxy) is 1. The molecule has 126 valence electrons. The van der Waals surface area contributed by atoms with Crippen LogP contribution in [0.25, 0.3) is 0 Å². The molecule has 0 bridgehead atoms. The predicted molar refractivity (Wildman–Crippen MR) is 93.1 cm³/mol. The fourth-order valence-corrected chi connectivity index (χ4v) is 2.67. The lowest BCUT2D eigenvalue weighted by Gasteiger charge is -2.11. The van der Waals surface area contributed by atoms with E-state index < -0.39 is 0 Å². The lowest BCUT2D eigenvalue weighted by Crippen LogP contribution is -2.32. The Morgan fingerprint density at radius 1 is 1.25 bits per heavy atom. The van der Waals surface area contributed by atoms with E-state index >= 15 is 0 Å². The number of rotatable bonds is 5. The maximum Gasteiger partial charge on any atom is 0.270 e. The van der Waals surface area contributed by atoms with Crippen LogP contribution in [-0.4, -0.2) is 35.1 Å². The van der Waals surface area contributed by atoms with Gasteiger partial charge in [0, 0.05) is 24.9 Å². The van der Waals surface area contributed by atoms with Crippen LogP contribution in [0.1, 0.15) is 23.3 Å². The van der Waals surface area contributed by atoms with Gasteiger partial charge in [-0.1, -0.05) is 23.2 Å². The molecular formula is C16H16Cl2N4O2. The lowest BCUT2D eigenvalue weighted by molar-refractivity contribution is 0.0853. The van der Waals surface area contributed by atoms with Crippen molar-refractivity contribution in [3.8, 4) is 0 Å². The summed E-state index contributed by atoms with van der Waals surface area (Å²) in [6.45, 7) is 1.24. The van der Waals surface area contributed by atoms with E-state index in [0.717, 1.165) is 19.4 Å². The third-order valence-electron chi connectivity index (χ3n) is 3.61. The zero-order chi connectivity index (χ0) is 16.9. The average Bonchev–Trinajstić information content (AvgIpc) is 3.10. The minimum Gasteiger partial charge on any atom is -0.376 e. The molecule has 2 heterocycles. The van der Waals surface area contributed by atoms with Gasteiger partial charge in [0.1, 0.15) is 17.8 Å². The number of halogens is 2. The van der Waals surface area contributed by atoms with Crippen molar-refractivity contribution in [1.29, 1.82) is 0 Å². The van der Waals surface area contributed by atoms with Crippen molar-refractivity contribution in [3.05, 3.63) is 46.3 Å². The first-order valence-corrected chi connectivity index (χ1v) is 8.31. The van der Waals surface area contributed by atoms with Gasteiger partial charge in [-0.05, 0) is 31.0 Å². The molecular weight excluding hydrogens is 351 g/mol. The Labute approximate surface area is 149 Å².